The molecule has 0 fully saturated rings. The van der Waals surface area contributed by atoms with Crippen LogP contribution in [0.1, 0.15) is 0 Å². The molecule has 3 nitrogen and oxygen atoms in total. The predicted molar refractivity (Wildman–Crippen MR) is 66.6 cm³/mol. The number of methoxy groups -OCH3 is 2. The second-order valence-electron chi connectivity index (χ2n) is 3.58. The van der Waals surface area contributed by atoms with E-state index in [1.807, 2.05) is 24.3 Å². The van der Waals surface area contributed by atoms with Crippen LogP contribution in [0.2, 0.25) is 0 Å². The second kappa shape index (κ2) is 4.78. The fourth-order valence-electron chi connectivity index (χ4n) is 1.72. The molecule has 2 rings (SSSR count). The molecule has 0 saturated carbocycles. The van der Waals surface area contributed by atoms with Crippen LogP contribution in [0.5, 0.6) is 17.2 Å². The van der Waals surface area contributed by atoms with Crippen LogP contribution in [0, 0.1) is 0 Å². The maximum Gasteiger partial charge on any atom is 0.130 e. The highest BCUT2D eigenvalue weighted by Crippen LogP contribution is 2.37. The van der Waals surface area contributed by atoms with E-state index in [1.54, 1.807) is 32.4 Å². The highest BCUT2D eigenvalue weighted by molar-refractivity contribution is 5.76. The summed E-state index contributed by atoms with van der Waals surface area (Å²) in [5.74, 6) is 1.63. The Hall–Kier alpha value is -2.16. The quantitative estimate of drug-likeness (QED) is 0.880. The lowest BCUT2D eigenvalue weighted by atomic mass is 10.0. The van der Waals surface area contributed by atoms with Crippen molar-refractivity contribution in [3.63, 3.8) is 0 Å². The lowest BCUT2D eigenvalue weighted by Crippen LogP contribution is -1.90. The van der Waals surface area contributed by atoms with Gasteiger partial charge >= 0.3 is 0 Å². The van der Waals surface area contributed by atoms with Gasteiger partial charge in [0.2, 0.25) is 0 Å². The van der Waals surface area contributed by atoms with Gasteiger partial charge in [0.1, 0.15) is 17.2 Å². The maximum absolute atomic E-state index is 9.82. The molecule has 0 atom stereocenters. The first kappa shape index (κ1) is 11.3. The van der Waals surface area contributed by atoms with Crippen LogP contribution < -0.4 is 9.47 Å². The minimum absolute atomic E-state index is 0.232. The molecule has 0 heterocycles. The van der Waals surface area contributed by atoms with Crippen molar-refractivity contribution in [3.8, 4) is 28.4 Å². The van der Waals surface area contributed by atoms with Crippen molar-refractivity contribution in [2.45, 2.75) is 0 Å². The lowest BCUT2D eigenvalue weighted by molar-refractivity contribution is 0.395. The largest absolute Gasteiger partial charge is 0.507 e. The molecule has 0 unspecified atom stereocenters. The zero-order valence-corrected chi connectivity index (χ0v) is 9.81. The van der Waals surface area contributed by atoms with E-state index in [1.165, 1.54) is 0 Å². The fraction of sp³-hybridized carbons (Fsp3) is 0.143. The van der Waals surface area contributed by atoms with Gasteiger partial charge in [-0.2, -0.15) is 0 Å². The molecule has 0 radical (unpaired) electrons. The first-order chi connectivity index (χ1) is 8.26. The smallest absolute Gasteiger partial charge is 0.130 e. The molecule has 3 heteroatoms. The standard InChI is InChI=1S/C14H14O3/c1-16-10-7-8-12(14(9-10)17-2)11-5-3-4-6-13(11)15/h3-9,15H,1-2H3. The van der Waals surface area contributed by atoms with Crippen LogP contribution in [0.3, 0.4) is 0 Å². The fourth-order valence-corrected chi connectivity index (χ4v) is 1.72. The Morgan fingerprint density at radius 1 is 0.882 bits per heavy atom. The molecule has 1 N–H and O–H groups in total. The molecule has 0 amide bonds. The average molecular weight is 230 g/mol. The van der Waals surface area contributed by atoms with Crippen LogP contribution >= 0.6 is 0 Å². The molecule has 0 aliphatic heterocycles. The monoisotopic (exact) mass is 230 g/mol. The zero-order valence-electron chi connectivity index (χ0n) is 9.81. The van der Waals surface area contributed by atoms with E-state index in [2.05, 4.69) is 0 Å². The lowest BCUT2D eigenvalue weighted by Gasteiger charge is -2.11. The molecule has 2 aromatic carbocycles. The van der Waals surface area contributed by atoms with E-state index in [0.29, 0.717) is 5.75 Å². The summed E-state index contributed by atoms with van der Waals surface area (Å²) in [5.41, 5.74) is 1.58. The van der Waals surface area contributed by atoms with E-state index in [-0.39, 0.29) is 5.75 Å². The van der Waals surface area contributed by atoms with Crippen molar-refractivity contribution in [3.05, 3.63) is 42.5 Å². The van der Waals surface area contributed by atoms with Gasteiger partial charge in [-0.1, -0.05) is 18.2 Å². The molecule has 0 bridgehead atoms. The number of phenolic OH excluding ortho intramolecular Hbond substituents is 1. The van der Waals surface area contributed by atoms with Gasteiger partial charge in [0.25, 0.3) is 0 Å². The highest BCUT2D eigenvalue weighted by Gasteiger charge is 2.10. The molecule has 0 saturated heterocycles. The molecular formula is C14H14O3. The number of ether oxygens (including phenoxy) is 2. The maximum atomic E-state index is 9.82. The molecule has 0 aliphatic carbocycles. The first-order valence-electron chi connectivity index (χ1n) is 5.26. The number of phenols is 1. The van der Waals surface area contributed by atoms with Gasteiger partial charge < -0.3 is 14.6 Å². The minimum Gasteiger partial charge on any atom is -0.507 e. The molecule has 0 aliphatic rings. The Bertz CT molecular complexity index is 521. The summed E-state index contributed by atoms with van der Waals surface area (Å²) in [7, 11) is 3.20. The van der Waals surface area contributed by atoms with Crippen molar-refractivity contribution in [1.82, 2.24) is 0 Å². The summed E-state index contributed by atoms with van der Waals surface area (Å²) in [4.78, 5) is 0. The average Bonchev–Trinajstić information content (AvgIpc) is 2.38. The van der Waals surface area contributed by atoms with Crippen LogP contribution in [0.15, 0.2) is 42.5 Å². The van der Waals surface area contributed by atoms with Crippen molar-refractivity contribution in [1.29, 1.82) is 0 Å². The third-order valence-corrected chi connectivity index (χ3v) is 2.60. The van der Waals surface area contributed by atoms with Crippen molar-refractivity contribution in [2.75, 3.05) is 14.2 Å². The molecule has 0 spiro atoms. The Morgan fingerprint density at radius 2 is 1.65 bits per heavy atom. The zero-order chi connectivity index (χ0) is 12.3. The van der Waals surface area contributed by atoms with Crippen LogP contribution in [-0.2, 0) is 0 Å². The van der Waals surface area contributed by atoms with E-state index in [4.69, 9.17) is 9.47 Å². The second-order valence-corrected chi connectivity index (χ2v) is 3.58. The third-order valence-electron chi connectivity index (χ3n) is 2.60. The van der Waals surface area contributed by atoms with Gasteiger partial charge in [0.15, 0.2) is 0 Å². The van der Waals surface area contributed by atoms with E-state index in [0.717, 1.165) is 16.9 Å². The predicted octanol–water partition coefficient (Wildman–Crippen LogP) is 3.08. The van der Waals surface area contributed by atoms with Gasteiger partial charge in [-0.15, -0.1) is 0 Å². The summed E-state index contributed by atoms with van der Waals surface area (Å²) >= 11 is 0. The Balaban J connectivity index is 2.56. The number of aromatic hydroxyl groups is 1. The van der Waals surface area contributed by atoms with Gasteiger partial charge in [0, 0.05) is 17.2 Å². The summed E-state index contributed by atoms with van der Waals surface area (Å²) in [6.07, 6.45) is 0. The topological polar surface area (TPSA) is 38.7 Å². The van der Waals surface area contributed by atoms with Crippen LogP contribution in [-0.4, -0.2) is 19.3 Å². The molecular weight excluding hydrogens is 216 g/mol. The SMILES string of the molecule is COc1ccc(-c2ccccc2O)c(OC)c1. The molecule has 2 aromatic rings. The van der Waals surface area contributed by atoms with Crippen LogP contribution in [0.25, 0.3) is 11.1 Å². The summed E-state index contributed by atoms with van der Waals surface area (Å²) in [6.45, 7) is 0. The number of benzene rings is 2. The van der Waals surface area contributed by atoms with Crippen LogP contribution in [0.4, 0.5) is 0 Å². The van der Waals surface area contributed by atoms with Gasteiger partial charge in [0.05, 0.1) is 14.2 Å². The Labute approximate surface area is 100 Å². The minimum atomic E-state index is 0.232. The Morgan fingerprint density at radius 3 is 2.29 bits per heavy atom. The molecule has 17 heavy (non-hydrogen) atoms. The van der Waals surface area contributed by atoms with Gasteiger partial charge in [-0.3, -0.25) is 0 Å². The summed E-state index contributed by atoms with van der Waals surface area (Å²) in [5, 5.41) is 9.82. The molecule has 0 aromatic heterocycles. The normalized spacial score (nSPS) is 10.0. The van der Waals surface area contributed by atoms with Gasteiger partial charge in [-0.25, -0.2) is 0 Å². The first-order valence-corrected chi connectivity index (χ1v) is 5.26. The number of para-hydroxylation sites is 1. The van der Waals surface area contributed by atoms with E-state index in [9.17, 15) is 5.11 Å². The van der Waals surface area contributed by atoms with Gasteiger partial charge in [-0.05, 0) is 18.2 Å². The number of hydrogen-bond donors (Lipinski definition) is 1. The summed E-state index contributed by atoms with van der Waals surface area (Å²) in [6, 6.07) is 12.7. The Kier molecular flexibility index (Phi) is 3.19. The number of hydrogen-bond acceptors (Lipinski definition) is 3. The van der Waals surface area contributed by atoms with E-state index >= 15 is 0 Å². The van der Waals surface area contributed by atoms with E-state index < -0.39 is 0 Å². The van der Waals surface area contributed by atoms with Crippen molar-refractivity contribution < 1.29 is 14.6 Å². The highest BCUT2D eigenvalue weighted by atomic mass is 16.5. The third kappa shape index (κ3) is 2.18. The van der Waals surface area contributed by atoms with Crippen molar-refractivity contribution >= 4 is 0 Å². The summed E-state index contributed by atoms with van der Waals surface area (Å²) < 4.78 is 10.4. The van der Waals surface area contributed by atoms with Crippen molar-refractivity contribution in [2.24, 2.45) is 0 Å². The molecule has 88 valence electrons. The number of rotatable bonds is 3.